The van der Waals surface area contributed by atoms with Crippen LogP contribution in [-0.2, 0) is 4.74 Å². The minimum atomic E-state index is -0.0633. The van der Waals surface area contributed by atoms with Crippen LogP contribution in [0.1, 0.15) is 16.8 Å². The highest BCUT2D eigenvalue weighted by atomic mass is 35.5. The normalized spacial score (nSPS) is 14.3. The summed E-state index contributed by atoms with van der Waals surface area (Å²) >= 11 is 7.49. The number of halogens is 1. The zero-order valence-corrected chi connectivity index (χ0v) is 19.6. The van der Waals surface area contributed by atoms with Crippen LogP contribution in [0, 0.1) is 0 Å². The number of methoxy groups -OCH3 is 1. The van der Waals surface area contributed by atoms with E-state index in [9.17, 15) is 4.79 Å². The molecule has 32 heavy (non-hydrogen) atoms. The Morgan fingerprint density at radius 3 is 2.56 bits per heavy atom. The molecule has 1 aromatic heterocycles. The maximum Gasteiger partial charge on any atom is 0.260 e. The molecule has 0 bridgehead atoms. The fourth-order valence-electron chi connectivity index (χ4n) is 3.59. The molecule has 3 aromatic rings. The number of hydrogen-bond donors (Lipinski definition) is 0. The second-order valence-electron chi connectivity index (χ2n) is 7.52. The van der Waals surface area contributed by atoms with E-state index in [2.05, 4.69) is 4.90 Å². The molecule has 8 heteroatoms. The van der Waals surface area contributed by atoms with Crippen molar-refractivity contribution in [3.8, 4) is 17.0 Å². The van der Waals surface area contributed by atoms with Crippen molar-refractivity contribution in [2.24, 2.45) is 0 Å². The van der Waals surface area contributed by atoms with Crippen molar-refractivity contribution in [1.82, 2.24) is 9.88 Å². The highest BCUT2D eigenvalue weighted by Gasteiger charge is 2.22. The van der Waals surface area contributed by atoms with Gasteiger partial charge in [-0.25, -0.2) is 4.98 Å². The number of hydrogen-bond acceptors (Lipinski definition) is 6. The van der Waals surface area contributed by atoms with Crippen molar-refractivity contribution in [3.05, 3.63) is 64.5 Å². The van der Waals surface area contributed by atoms with Gasteiger partial charge < -0.3 is 9.47 Å². The highest BCUT2D eigenvalue weighted by molar-refractivity contribution is 7.14. The minimum Gasteiger partial charge on any atom is -0.497 e. The van der Waals surface area contributed by atoms with Crippen LogP contribution in [0.15, 0.2) is 53.9 Å². The van der Waals surface area contributed by atoms with E-state index in [0.29, 0.717) is 22.3 Å². The summed E-state index contributed by atoms with van der Waals surface area (Å²) in [7, 11) is 1.61. The summed E-state index contributed by atoms with van der Waals surface area (Å²) in [5.74, 6) is 0.659. The van der Waals surface area contributed by atoms with Gasteiger partial charge in [0.15, 0.2) is 5.13 Å². The maximum absolute atomic E-state index is 13.4. The van der Waals surface area contributed by atoms with E-state index < -0.39 is 0 Å². The summed E-state index contributed by atoms with van der Waals surface area (Å²) in [4.78, 5) is 22.4. The Labute approximate surface area is 197 Å². The second kappa shape index (κ2) is 10.9. The zero-order valence-electron chi connectivity index (χ0n) is 18.0. The van der Waals surface area contributed by atoms with Crippen LogP contribution >= 0.6 is 22.9 Å². The van der Waals surface area contributed by atoms with E-state index in [1.807, 2.05) is 29.6 Å². The smallest absolute Gasteiger partial charge is 0.260 e. The Kier molecular flexibility index (Phi) is 7.76. The lowest BCUT2D eigenvalue weighted by molar-refractivity contribution is 0.0376. The summed E-state index contributed by atoms with van der Waals surface area (Å²) in [6, 6.07) is 14.8. The van der Waals surface area contributed by atoms with Gasteiger partial charge in [0, 0.05) is 47.7 Å². The lowest BCUT2D eigenvalue weighted by atomic mass is 10.2. The average Bonchev–Trinajstić information content (AvgIpc) is 3.32. The fraction of sp³-hybridized carbons (Fsp3) is 0.333. The molecule has 0 radical (unpaired) electrons. The lowest BCUT2D eigenvalue weighted by Gasteiger charge is -2.27. The van der Waals surface area contributed by atoms with Gasteiger partial charge in [-0.1, -0.05) is 23.7 Å². The number of aromatic nitrogens is 1. The first-order valence-electron chi connectivity index (χ1n) is 10.6. The highest BCUT2D eigenvalue weighted by Crippen LogP contribution is 2.29. The predicted molar refractivity (Wildman–Crippen MR) is 129 cm³/mol. The van der Waals surface area contributed by atoms with Crippen LogP contribution in [0.25, 0.3) is 11.3 Å². The third-order valence-corrected chi connectivity index (χ3v) is 6.52. The molecule has 1 aliphatic rings. The summed E-state index contributed by atoms with van der Waals surface area (Å²) in [6.07, 6.45) is 0.859. The van der Waals surface area contributed by atoms with Gasteiger partial charge in [-0.2, -0.15) is 0 Å². The molecule has 0 spiro atoms. The molecule has 168 valence electrons. The lowest BCUT2D eigenvalue weighted by Crippen LogP contribution is -2.39. The first-order valence-corrected chi connectivity index (χ1v) is 11.9. The molecule has 2 aromatic carbocycles. The molecule has 0 N–H and O–H groups in total. The largest absolute Gasteiger partial charge is 0.497 e. The minimum absolute atomic E-state index is 0.0633. The molecular formula is C24H26ClN3O3S. The number of nitrogens with zero attached hydrogens (tertiary/aromatic N) is 3. The Morgan fingerprint density at radius 2 is 1.88 bits per heavy atom. The van der Waals surface area contributed by atoms with Crippen molar-refractivity contribution >= 4 is 34.0 Å². The van der Waals surface area contributed by atoms with Crippen molar-refractivity contribution in [2.45, 2.75) is 6.42 Å². The van der Waals surface area contributed by atoms with Gasteiger partial charge in [-0.05, 0) is 42.8 Å². The topological polar surface area (TPSA) is 54.9 Å². The Bertz CT molecular complexity index is 1020. The SMILES string of the molecule is COc1ccc(C(=O)N(CCCN2CCOCC2)c2nc(-c3ccc(Cl)cc3)cs2)cc1. The molecular weight excluding hydrogens is 446 g/mol. The summed E-state index contributed by atoms with van der Waals surface area (Å²) in [6.45, 7) is 4.92. The second-order valence-corrected chi connectivity index (χ2v) is 8.79. The van der Waals surface area contributed by atoms with E-state index >= 15 is 0 Å². The first kappa shape index (κ1) is 22.7. The van der Waals surface area contributed by atoms with Gasteiger partial charge in [-0.15, -0.1) is 11.3 Å². The molecule has 1 saturated heterocycles. The van der Waals surface area contributed by atoms with Crippen molar-refractivity contribution in [3.63, 3.8) is 0 Å². The number of thiazole rings is 1. The Balaban J connectivity index is 1.53. The Hall–Kier alpha value is -2.45. The monoisotopic (exact) mass is 471 g/mol. The average molecular weight is 472 g/mol. The van der Waals surface area contributed by atoms with E-state index in [1.165, 1.54) is 11.3 Å². The number of benzene rings is 2. The van der Waals surface area contributed by atoms with Crippen LogP contribution in [0.4, 0.5) is 5.13 Å². The molecule has 4 rings (SSSR count). The molecule has 2 heterocycles. The summed E-state index contributed by atoms with van der Waals surface area (Å²) < 4.78 is 10.7. The van der Waals surface area contributed by atoms with Crippen molar-refractivity contribution < 1.29 is 14.3 Å². The third kappa shape index (κ3) is 5.66. The maximum atomic E-state index is 13.4. The van der Waals surface area contributed by atoms with Crippen molar-refractivity contribution in [1.29, 1.82) is 0 Å². The van der Waals surface area contributed by atoms with Gasteiger partial charge in [0.05, 0.1) is 26.0 Å². The van der Waals surface area contributed by atoms with Gasteiger partial charge >= 0.3 is 0 Å². The molecule has 0 atom stereocenters. The number of morpholine rings is 1. The van der Waals surface area contributed by atoms with Gasteiger partial charge in [0.25, 0.3) is 5.91 Å². The third-order valence-electron chi connectivity index (χ3n) is 5.40. The predicted octanol–water partition coefficient (Wildman–Crippen LogP) is 4.84. The molecule has 0 saturated carbocycles. The van der Waals surface area contributed by atoms with Crippen LogP contribution < -0.4 is 9.64 Å². The first-order chi connectivity index (χ1) is 15.6. The fourth-order valence-corrected chi connectivity index (χ4v) is 4.58. The quantitative estimate of drug-likeness (QED) is 0.470. The number of amides is 1. The van der Waals surface area contributed by atoms with E-state index in [4.69, 9.17) is 26.1 Å². The number of anilines is 1. The molecule has 0 unspecified atom stereocenters. The van der Waals surface area contributed by atoms with E-state index in [1.54, 1.807) is 36.3 Å². The van der Waals surface area contributed by atoms with E-state index in [-0.39, 0.29) is 5.91 Å². The van der Waals surface area contributed by atoms with Crippen LogP contribution in [0.3, 0.4) is 0 Å². The van der Waals surface area contributed by atoms with Crippen LogP contribution in [0.2, 0.25) is 5.02 Å². The van der Waals surface area contributed by atoms with Gasteiger partial charge in [0.1, 0.15) is 5.75 Å². The Morgan fingerprint density at radius 1 is 1.16 bits per heavy atom. The van der Waals surface area contributed by atoms with Crippen molar-refractivity contribution in [2.75, 3.05) is 51.4 Å². The van der Waals surface area contributed by atoms with Gasteiger partial charge in [-0.3, -0.25) is 14.6 Å². The molecule has 0 aliphatic carbocycles. The summed E-state index contributed by atoms with van der Waals surface area (Å²) in [5, 5.41) is 3.36. The van der Waals surface area contributed by atoms with Crippen LogP contribution in [-0.4, -0.2) is 62.3 Å². The van der Waals surface area contributed by atoms with E-state index in [0.717, 1.165) is 56.3 Å². The number of carbonyl (C=O) groups excluding carboxylic acids is 1. The zero-order chi connectivity index (χ0) is 22.3. The molecule has 1 fully saturated rings. The van der Waals surface area contributed by atoms with Gasteiger partial charge in [0.2, 0.25) is 0 Å². The molecule has 1 amide bonds. The number of ether oxygens (including phenoxy) is 2. The number of carbonyl (C=O) groups is 1. The molecule has 6 nitrogen and oxygen atoms in total. The molecule has 1 aliphatic heterocycles. The standard InChI is InChI=1S/C24H26ClN3O3S/c1-30-21-9-5-19(6-10-21)23(29)28(12-2-11-27-13-15-31-16-14-27)24-26-22(17-32-24)18-3-7-20(25)8-4-18/h3-10,17H,2,11-16H2,1H3. The summed E-state index contributed by atoms with van der Waals surface area (Å²) in [5.41, 5.74) is 2.42. The number of rotatable bonds is 8. The van der Waals surface area contributed by atoms with Crippen LogP contribution in [0.5, 0.6) is 5.75 Å².